The highest BCUT2D eigenvalue weighted by Gasteiger charge is 2.33. The van der Waals surface area contributed by atoms with Gasteiger partial charge in [-0.1, -0.05) is 33.1 Å². The van der Waals surface area contributed by atoms with Gasteiger partial charge in [-0.2, -0.15) is 5.10 Å². The number of carbonyl (C=O) groups excluding carboxylic acids is 1. The number of likely N-dealkylation sites (tertiary alicyclic amines) is 1. The Morgan fingerprint density at radius 2 is 2.04 bits per heavy atom. The molecule has 2 heterocycles. The van der Waals surface area contributed by atoms with E-state index < -0.39 is 5.60 Å². The van der Waals surface area contributed by atoms with Gasteiger partial charge in [0, 0.05) is 31.4 Å². The number of hydrogen-bond donors (Lipinski definition) is 3. The molecule has 6 heteroatoms. The van der Waals surface area contributed by atoms with E-state index in [2.05, 4.69) is 34.3 Å². The maximum absolute atomic E-state index is 12.4. The van der Waals surface area contributed by atoms with E-state index in [1.165, 1.54) is 6.42 Å². The van der Waals surface area contributed by atoms with Crippen LogP contribution in [0.2, 0.25) is 0 Å². The summed E-state index contributed by atoms with van der Waals surface area (Å²) in [6.45, 7) is 6.80. The van der Waals surface area contributed by atoms with Crippen molar-refractivity contribution in [2.45, 2.75) is 76.4 Å². The van der Waals surface area contributed by atoms with Crippen LogP contribution in [0.15, 0.2) is 6.07 Å². The van der Waals surface area contributed by atoms with Crippen LogP contribution in [0.4, 0.5) is 0 Å². The average molecular weight is 348 g/mol. The lowest BCUT2D eigenvalue weighted by molar-refractivity contribution is -0.0312. The molecule has 2 aliphatic rings. The quantitative estimate of drug-likeness (QED) is 0.763. The Kier molecular flexibility index (Phi) is 5.79. The Morgan fingerprint density at radius 1 is 1.36 bits per heavy atom. The molecule has 0 aromatic carbocycles. The average Bonchev–Trinajstić information content (AvgIpc) is 3.07. The summed E-state index contributed by atoms with van der Waals surface area (Å²) in [6.07, 6.45) is 7.27. The zero-order valence-corrected chi connectivity index (χ0v) is 15.6. The molecule has 25 heavy (non-hydrogen) atoms. The summed E-state index contributed by atoms with van der Waals surface area (Å²) >= 11 is 0. The molecule has 1 aromatic heterocycles. The molecule has 0 unspecified atom stereocenters. The Bertz CT molecular complexity index is 570. The van der Waals surface area contributed by atoms with Crippen molar-refractivity contribution in [1.82, 2.24) is 20.4 Å². The minimum Gasteiger partial charge on any atom is -0.389 e. The van der Waals surface area contributed by atoms with Crippen molar-refractivity contribution in [2.24, 2.45) is 0 Å². The molecule has 3 N–H and O–H groups in total. The van der Waals surface area contributed by atoms with Gasteiger partial charge >= 0.3 is 0 Å². The highest BCUT2D eigenvalue weighted by molar-refractivity contribution is 5.92. The number of piperidine rings is 1. The summed E-state index contributed by atoms with van der Waals surface area (Å²) in [7, 11) is 0. The highest BCUT2D eigenvalue weighted by atomic mass is 16.3. The van der Waals surface area contributed by atoms with Crippen molar-refractivity contribution in [2.75, 3.05) is 19.6 Å². The SMILES string of the molecule is CC(C)c1cc(C(=O)NC2CCN(CC3(O)CCCCC3)CC2)n[nH]1. The maximum atomic E-state index is 12.4. The van der Waals surface area contributed by atoms with E-state index in [9.17, 15) is 9.90 Å². The summed E-state index contributed by atoms with van der Waals surface area (Å²) in [5.41, 5.74) is 0.972. The number of aliphatic hydroxyl groups is 1. The Balaban J connectivity index is 1.44. The zero-order chi connectivity index (χ0) is 17.9. The summed E-state index contributed by atoms with van der Waals surface area (Å²) < 4.78 is 0. The van der Waals surface area contributed by atoms with Gasteiger partial charge in [0.25, 0.3) is 5.91 Å². The molecule has 0 radical (unpaired) electrons. The van der Waals surface area contributed by atoms with Crippen molar-refractivity contribution in [3.8, 4) is 0 Å². The van der Waals surface area contributed by atoms with Gasteiger partial charge in [0.05, 0.1) is 5.60 Å². The number of nitrogens with zero attached hydrogens (tertiary/aromatic N) is 2. The number of carbonyl (C=O) groups is 1. The fourth-order valence-electron chi connectivity index (χ4n) is 4.03. The van der Waals surface area contributed by atoms with Crippen LogP contribution in [-0.4, -0.2) is 57.4 Å². The molecule has 2 fully saturated rings. The minimum absolute atomic E-state index is 0.0903. The number of aromatic nitrogens is 2. The molecule has 140 valence electrons. The van der Waals surface area contributed by atoms with Crippen LogP contribution < -0.4 is 5.32 Å². The molecule has 0 spiro atoms. The van der Waals surface area contributed by atoms with E-state index in [4.69, 9.17) is 0 Å². The number of nitrogens with one attached hydrogen (secondary N) is 2. The summed E-state index contributed by atoms with van der Waals surface area (Å²) in [6, 6.07) is 2.04. The van der Waals surface area contributed by atoms with Crippen molar-refractivity contribution >= 4 is 5.91 Å². The number of H-pyrrole nitrogens is 1. The Hall–Kier alpha value is -1.40. The zero-order valence-electron chi connectivity index (χ0n) is 15.6. The number of aromatic amines is 1. The third kappa shape index (κ3) is 4.82. The van der Waals surface area contributed by atoms with Crippen LogP contribution in [0, 0.1) is 0 Å². The van der Waals surface area contributed by atoms with Crippen molar-refractivity contribution < 1.29 is 9.90 Å². The van der Waals surface area contributed by atoms with E-state index in [1.54, 1.807) is 0 Å². The van der Waals surface area contributed by atoms with E-state index in [0.717, 1.165) is 63.9 Å². The summed E-state index contributed by atoms with van der Waals surface area (Å²) in [5, 5.41) is 20.9. The third-order valence-electron chi connectivity index (χ3n) is 5.68. The van der Waals surface area contributed by atoms with Gasteiger partial charge in [-0.3, -0.25) is 9.89 Å². The molecule has 6 nitrogen and oxygen atoms in total. The second-order valence-electron chi connectivity index (χ2n) is 8.17. The molecule has 1 saturated heterocycles. The van der Waals surface area contributed by atoms with E-state index in [1.807, 2.05) is 6.07 Å². The molecule has 3 rings (SSSR count). The second kappa shape index (κ2) is 7.87. The first-order valence-electron chi connectivity index (χ1n) is 9.76. The topological polar surface area (TPSA) is 81.2 Å². The molecule has 0 atom stereocenters. The lowest BCUT2D eigenvalue weighted by atomic mass is 9.84. The third-order valence-corrected chi connectivity index (χ3v) is 5.68. The predicted molar refractivity (Wildman–Crippen MR) is 97.6 cm³/mol. The van der Waals surface area contributed by atoms with E-state index >= 15 is 0 Å². The monoisotopic (exact) mass is 348 g/mol. The smallest absolute Gasteiger partial charge is 0.271 e. The standard InChI is InChI=1S/C19H32N4O2/c1-14(2)16-12-17(22-21-16)18(24)20-15-6-10-23(11-7-15)13-19(25)8-4-3-5-9-19/h12,14-15,25H,3-11,13H2,1-2H3,(H,20,24)(H,21,22). The van der Waals surface area contributed by atoms with Crippen LogP contribution in [0.5, 0.6) is 0 Å². The van der Waals surface area contributed by atoms with Crippen LogP contribution in [0.25, 0.3) is 0 Å². The van der Waals surface area contributed by atoms with Crippen molar-refractivity contribution in [1.29, 1.82) is 0 Å². The Morgan fingerprint density at radius 3 is 2.64 bits per heavy atom. The first-order chi connectivity index (χ1) is 12.0. The van der Waals surface area contributed by atoms with Gasteiger partial charge < -0.3 is 15.3 Å². The van der Waals surface area contributed by atoms with E-state index in [0.29, 0.717) is 11.6 Å². The maximum Gasteiger partial charge on any atom is 0.271 e. The molecule has 0 bridgehead atoms. The molecule has 1 aliphatic heterocycles. The largest absolute Gasteiger partial charge is 0.389 e. The first-order valence-corrected chi connectivity index (χ1v) is 9.76. The molecular formula is C19H32N4O2. The Labute approximate surface area is 150 Å². The van der Waals surface area contributed by atoms with Crippen LogP contribution in [0.1, 0.15) is 80.9 Å². The number of hydrogen-bond acceptors (Lipinski definition) is 4. The van der Waals surface area contributed by atoms with E-state index in [-0.39, 0.29) is 11.9 Å². The minimum atomic E-state index is -0.489. The lowest BCUT2D eigenvalue weighted by Gasteiger charge is -2.40. The lowest BCUT2D eigenvalue weighted by Crippen LogP contribution is -2.50. The molecule has 1 amide bonds. The van der Waals surface area contributed by atoms with Crippen LogP contribution in [-0.2, 0) is 0 Å². The van der Waals surface area contributed by atoms with Gasteiger partial charge in [-0.05, 0) is 37.7 Å². The second-order valence-corrected chi connectivity index (χ2v) is 8.17. The molecule has 1 aliphatic carbocycles. The number of amides is 1. The normalized spacial score (nSPS) is 22.2. The number of rotatable bonds is 5. The van der Waals surface area contributed by atoms with Gasteiger partial charge in [-0.15, -0.1) is 0 Å². The summed E-state index contributed by atoms with van der Waals surface area (Å²) in [4.78, 5) is 14.7. The van der Waals surface area contributed by atoms with Gasteiger partial charge in [0.2, 0.25) is 0 Å². The van der Waals surface area contributed by atoms with Gasteiger partial charge in [-0.25, -0.2) is 0 Å². The fraction of sp³-hybridized carbons (Fsp3) is 0.789. The molecular weight excluding hydrogens is 316 g/mol. The molecule has 1 saturated carbocycles. The first kappa shape index (κ1) is 18.4. The van der Waals surface area contributed by atoms with Crippen molar-refractivity contribution in [3.63, 3.8) is 0 Å². The number of β-amino-alcohol motifs (C(OH)–C–C–N with tert-alkyl or cyclic N) is 1. The highest BCUT2D eigenvalue weighted by Crippen LogP contribution is 2.29. The van der Waals surface area contributed by atoms with Crippen molar-refractivity contribution in [3.05, 3.63) is 17.5 Å². The summed E-state index contributed by atoms with van der Waals surface area (Å²) in [5.74, 6) is 0.246. The molecule has 1 aromatic rings. The van der Waals surface area contributed by atoms with Gasteiger partial charge in [0.15, 0.2) is 0 Å². The van der Waals surface area contributed by atoms with Crippen LogP contribution in [0.3, 0.4) is 0 Å². The van der Waals surface area contributed by atoms with Gasteiger partial charge in [0.1, 0.15) is 5.69 Å². The van der Waals surface area contributed by atoms with Crippen LogP contribution >= 0.6 is 0 Å². The fourth-order valence-corrected chi connectivity index (χ4v) is 4.03. The predicted octanol–water partition coefficient (Wildman–Crippen LogP) is 2.42.